The van der Waals surface area contributed by atoms with Crippen molar-refractivity contribution < 1.29 is 28.5 Å². The lowest BCUT2D eigenvalue weighted by atomic mass is 10.2. The summed E-state index contributed by atoms with van der Waals surface area (Å²) in [5, 5.41) is 0. The zero-order chi connectivity index (χ0) is 21.5. The summed E-state index contributed by atoms with van der Waals surface area (Å²) in [7, 11) is 6.41. The van der Waals surface area contributed by atoms with Gasteiger partial charge in [-0.1, -0.05) is 19.9 Å². The van der Waals surface area contributed by atoms with E-state index in [0.717, 1.165) is 17.1 Å². The second kappa shape index (κ2) is 14.2. The maximum Gasteiger partial charge on any atom is 0.160 e. The average molecular weight is 392 g/mol. The van der Waals surface area contributed by atoms with Crippen LogP contribution in [0.15, 0.2) is 30.3 Å². The Morgan fingerprint density at radius 1 is 0.750 bits per heavy atom. The number of hydrogen-bond donors (Lipinski definition) is 0. The first kappa shape index (κ1) is 25.1. The molecule has 0 saturated carbocycles. The van der Waals surface area contributed by atoms with Crippen LogP contribution in [0.4, 0.5) is 0 Å². The van der Waals surface area contributed by atoms with Crippen molar-refractivity contribution in [3.63, 3.8) is 0 Å². The molecule has 0 bridgehead atoms. The number of rotatable bonds is 7. The molecule has 156 valence electrons. The molecule has 0 aliphatic rings. The molecule has 6 nitrogen and oxygen atoms in total. The standard InChI is InChI=1S/C11H14O4.C9H12O2.C2H6/c1-8-10(14-3)6-9(13-2)7-11(8)15-5-4-12;1-7-4-5-8(10-2)9(6-7)11-3;1-2/h4,6-7H,5H2,1-3H3;4-6H,1-3H3;1-2H3. The maximum atomic E-state index is 10.2. The minimum atomic E-state index is 0.0250. The third kappa shape index (κ3) is 7.78. The van der Waals surface area contributed by atoms with Gasteiger partial charge >= 0.3 is 0 Å². The summed E-state index contributed by atoms with van der Waals surface area (Å²) >= 11 is 0. The molecule has 0 radical (unpaired) electrons. The molecule has 0 heterocycles. The van der Waals surface area contributed by atoms with Crippen LogP contribution < -0.4 is 23.7 Å². The van der Waals surface area contributed by atoms with Crippen molar-refractivity contribution >= 4 is 6.29 Å². The van der Waals surface area contributed by atoms with Gasteiger partial charge in [-0.3, -0.25) is 4.79 Å². The van der Waals surface area contributed by atoms with E-state index < -0.39 is 0 Å². The Morgan fingerprint density at radius 2 is 1.32 bits per heavy atom. The van der Waals surface area contributed by atoms with E-state index in [1.54, 1.807) is 40.6 Å². The highest BCUT2D eigenvalue weighted by atomic mass is 16.5. The molecule has 0 spiro atoms. The lowest BCUT2D eigenvalue weighted by Crippen LogP contribution is -2.01. The molecule has 0 fully saturated rings. The second-order valence-electron chi connectivity index (χ2n) is 5.29. The van der Waals surface area contributed by atoms with Crippen LogP contribution in [0.2, 0.25) is 0 Å². The molecular weight excluding hydrogens is 360 g/mol. The van der Waals surface area contributed by atoms with Gasteiger partial charge in [-0.25, -0.2) is 0 Å². The highest BCUT2D eigenvalue weighted by molar-refractivity contribution is 5.54. The Labute approximate surface area is 168 Å². The van der Waals surface area contributed by atoms with Crippen LogP contribution in [-0.2, 0) is 4.79 Å². The molecule has 0 N–H and O–H groups in total. The van der Waals surface area contributed by atoms with Crippen molar-refractivity contribution in [1.29, 1.82) is 0 Å². The van der Waals surface area contributed by atoms with Crippen LogP contribution in [0.25, 0.3) is 0 Å². The largest absolute Gasteiger partial charge is 0.496 e. The number of benzene rings is 2. The van der Waals surface area contributed by atoms with E-state index in [1.807, 2.05) is 45.9 Å². The quantitative estimate of drug-likeness (QED) is 0.640. The van der Waals surface area contributed by atoms with Gasteiger partial charge in [0.1, 0.15) is 23.9 Å². The minimum Gasteiger partial charge on any atom is -0.496 e. The van der Waals surface area contributed by atoms with Crippen LogP contribution in [-0.4, -0.2) is 41.3 Å². The minimum absolute atomic E-state index is 0.0250. The summed E-state index contributed by atoms with van der Waals surface area (Å²) in [6.45, 7) is 7.90. The van der Waals surface area contributed by atoms with Gasteiger partial charge in [0.2, 0.25) is 0 Å². The summed E-state index contributed by atoms with van der Waals surface area (Å²) in [4.78, 5) is 10.2. The molecule has 0 saturated heterocycles. The zero-order valence-corrected chi connectivity index (χ0v) is 18.1. The molecule has 0 amide bonds. The number of aldehydes is 1. The number of carbonyl (C=O) groups excluding carboxylic acids is 1. The van der Waals surface area contributed by atoms with Gasteiger partial charge in [0, 0.05) is 17.7 Å². The molecule has 0 atom stereocenters. The van der Waals surface area contributed by atoms with Crippen LogP contribution in [0.1, 0.15) is 25.0 Å². The Balaban J connectivity index is 0.000000497. The lowest BCUT2D eigenvalue weighted by Gasteiger charge is -2.12. The second-order valence-corrected chi connectivity index (χ2v) is 5.29. The van der Waals surface area contributed by atoms with Crippen LogP contribution >= 0.6 is 0 Å². The fraction of sp³-hybridized carbons (Fsp3) is 0.409. The third-order valence-electron chi connectivity index (χ3n) is 3.59. The van der Waals surface area contributed by atoms with E-state index in [2.05, 4.69) is 0 Å². The van der Waals surface area contributed by atoms with Crippen molar-refractivity contribution in [3.05, 3.63) is 41.5 Å². The molecule has 2 rings (SSSR count). The number of hydrogen-bond acceptors (Lipinski definition) is 6. The number of carbonyl (C=O) groups is 1. The van der Waals surface area contributed by atoms with E-state index in [9.17, 15) is 4.79 Å². The van der Waals surface area contributed by atoms with E-state index in [-0.39, 0.29) is 6.61 Å². The van der Waals surface area contributed by atoms with Gasteiger partial charge in [-0.15, -0.1) is 0 Å². The van der Waals surface area contributed by atoms with Gasteiger partial charge in [0.25, 0.3) is 0 Å². The van der Waals surface area contributed by atoms with E-state index in [4.69, 9.17) is 23.7 Å². The summed E-state index contributed by atoms with van der Waals surface area (Å²) in [6.07, 6.45) is 0.700. The molecule has 28 heavy (non-hydrogen) atoms. The van der Waals surface area contributed by atoms with Gasteiger partial charge in [0.05, 0.1) is 28.4 Å². The third-order valence-corrected chi connectivity index (χ3v) is 3.59. The molecule has 2 aromatic rings. The smallest absolute Gasteiger partial charge is 0.160 e. The fourth-order valence-corrected chi connectivity index (χ4v) is 2.19. The summed E-state index contributed by atoms with van der Waals surface area (Å²) in [5.41, 5.74) is 2.02. The molecular formula is C22H32O6. The Hall–Kier alpha value is -2.89. The topological polar surface area (TPSA) is 63.2 Å². The number of aryl methyl sites for hydroxylation is 1. The highest BCUT2D eigenvalue weighted by Crippen LogP contribution is 2.33. The number of ether oxygens (including phenoxy) is 5. The summed E-state index contributed by atoms with van der Waals surface area (Å²) in [6, 6.07) is 9.32. The van der Waals surface area contributed by atoms with Crippen molar-refractivity contribution in [2.45, 2.75) is 27.7 Å². The van der Waals surface area contributed by atoms with E-state index >= 15 is 0 Å². The van der Waals surface area contributed by atoms with E-state index in [1.165, 1.54) is 5.56 Å². The van der Waals surface area contributed by atoms with E-state index in [0.29, 0.717) is 23.5 Å². The average Bonchev–Trinajstić information content (AvgIpc) is 2.74. The zero-order valence-electron chi connectivity index (χ0n) is 18.1. The molecule has 0 aromatic heterocycles. The molecule has 0 unspecified atom stereocenters. The molecule has 6 heteroatoms. The predicted octanol–water partition coefficient (Wildman–Crippen LogP) is 4.63. The molecule has 2 aromatic carbocycles. The van der Waals surface area contributed by atoms with Gasteiger partial charge in [0.15, 0.2) is 17.8 Å². The predicted molar refractivity (Wildman–Crippen MR) is 111 cm³/mol. The maximum absolute atomic E-state index is 10.2. The Kier molecular flexibility index (Phi) is 12.7. The normalized spacial score (nSPS) is 9.00. The highest BCUT2D eigenvalue weighted by Gasteiger charge is 2.09. The Morgan fingerprint density at radius 3 is 1.82 bits per heavy atom. The van der Waals surface area contributed by atoms with Crippen LogP contribution in [0.3, 0.4) is 0 Å². The summed E-state index contributed by atoms with van der Waals surface area (Å²) in [5.74, 6) is 3.47. The molecule has 0 aliphatic heterocycles. The monoisotopic (exact) mass is 392 g/mol. The van der Waals surface area contributed by atoms with Crippen molar-refractivity contribution in [2.24, 2.45) is 0 Å². The van der Waals surface area contributed by atoms with Gasteiger partial charge in [-0.05, 0) is 31.5 Å². The van der Waals surface area contributed by atoms with Crippen molar-refractivity contribution in [2.75, 3.05) is 35.0 Å². The summed E-state index contributed by atoms with van der Waals surface area (Å²) < 4.78 is 25.6. The van der Waals surface area contributed by atoms with Crippen LogP contribution in [0, 0.1) is 13.8 Å². The van der Waals surface area contributed by atoms with Crippen molar-refractivity contribution in [1.82, 2.24) is 0 Å². The van der Waals surface area contributed by atoms with Crippen molar-refractivity contribution in [3.8, 4) is 28.7 Å². The SMILES string of the molecule is CC.COc1cc(OC)c(C)c(OCC=O)c1.COc1ccc(C)cc1OC. The van der Waals surface area contributed by atoms with Gasteiger partial charge in [-0.2, -0.15) is 0 Å². The van der Waals surface area contributed by atoms with Gasteiger partial charge < -0.3 is 23.7 Å². The lowest BCUT2D eigenvalue weighted by molar-refractivity contribution is -0.109. The first-order valence-corrected chi connectivity index (χ1v) is 8.98. The number of methoxy groups -OCH3 is 4. The van der Waals surface area contributed by atoms with Crippen LogP contribution in [0.5, 0.6) is 28.7 Å². The Bertz CT molecular complexity index is 712. The first-order chi connectivity index (χ1) is 13.5. The fourth-order valence-electron chi connectivity index (χ4n) is 2.19. The first-order valence-electron chi connectivity index (χ1n) is 8.98. The molecule has 0 aliphatic carbocycles.